The first-order valence-corrected chi connectivity index (χ1v) is 6.16. The molecule has 0 aliphatic rings. The summed E-state index contributed by atoms with van der Waals surface area (Å²) in [6.45, 7) is 7.32. The van der Waals surface area contributed by atoms with Crippen molar-refractivity contribution in [2.45, 2.75) is 65.7 Å². The molecular weight excluding hydrogens is 208 g/mol. The van der Waals surface area contributed by atoms with Crippen LogP contribution >= 0.6 is 0 Å². The first-order chi connectivity index (χ1) is 7.56. The summed E-state index contributed by atoms with van der Waals surface area (Å²) in [6.07, 6.45) is 8.52. The first kappa shape index (κ1) is 15.8. The van der Waals surface area contributed by atoms with Gasteiger partial charge in [-0.1, -0.05) is 52.9 Å². The molecule has 0 amide bonds. The third-order valence-electron chi connectivity index (χ3n) is 2.48. The summed E-state index contributed by atoms with van der Waals surface area (Å²) >= 11 is 0. The lowest BCUT2D eigenvalue weighted by Gasteiger charge is -2.17. The topological polar surface area (TPSA) is 47.9 Å². The van der Waals surface area contributed by atoms with Crippen molar-refractivity contribution in [1.29, 1.82) is 0 Å². The van der Waals surface area contributed by atoms with Crippen molar-refractivity contribution in [3.8, 4) is 0 Å². The molecule has 0 spiro atoms. The normalized spacial score (nSPS) is 12.0. The Balaban J connectivity index is 2.99. The Morgan fingerprint density at radius 2 is 1.44 bits per heavy atom. The predicted octanol–water partition coefficient (Wildman–Crippen LogP) is 4.12. The number of hydrogen-bond donors (Lipinski definition) is 1. The average molecular weight is 234 g/mol. The zero-order valence-corrected chi connectivity index (χ0v) is 10.8. The summed E-state index contributed by atoms with van der Waals surface area (Å²) in [5.41, 5.74) is 0.468. The van der Waals surface area contributed by atoms with E-state index in [2.05, 4.69) is 35.7 Å². The van der Waals surface area contributed by atoms with Crippen molar-refractivity contribution in [1.82, 2.24) is 0 Å². The maximum atomic E-state index is 7.78. The SMILES string of the molecule is CC(C)(C)CCCCCCCCOOOO. The highest BCUT2D eigenvalue weighted by Crippen LogP contribution is 2.22. The number of unbranched alkanes of at least 4 members (excludes halogenated alkanes) is 5. The molecule has 1 N–H and O–H groups in total. The second kappa shape index (κ2) is 10.0. The molecule has 0 rings (SSSR count). The van der Waals surface area contributed by atoms with Crippen molar-refractivity contribution < 1.29 is 20.2 Å². The Kier molecular flexibility index (Phi) is 9.92. The van der Waals surface area contributed by atoms with Crippen LogP contribution in [0.4, 0.5) is 0 Å². The molecule has 16 heavy (non-hydrogen) atoms. The van der Waals surface area contributed by atoms with E-state index >= 15 is 0 Å². The lowest BCUT2D eigenvalue weighted by Crippen LogP contribution is -2.03. The molecule has 4 heteroatoms. The highest BCUT2D eigenvalue weighted by Gasteiger charge is 2.08. The van der Waals surface area contributed by atoms with Crippen molar-refractivity contribution in [3.63, 3.8) is 0 Å². The van der Waals surface area contributed by atoms with Crippen LogP contribution in [0.5, 0.6) is 0 Å². The Bertz CT molecular complexity index is 142. The summed E-state index contributed by atoms with van der Waals surface area (Å²) < 4.78 is 0. The van der Waals surface area contributed by atoms with Gasteiger partial charge in [-0.05, 0) is 28.3 Å². The Morgan fingerprint density at radius 3 is 2.00 bits per heavy atom. The molecule has 0 aliphatic carbocycles. The largest absolute Gasteiger partial charge is 0.219 e. The van der Waals surface area contributed by atoms with E-state index in [1.165, 1.54) is 32.1 Å². The molecule has 0 fully saturated rings. The van der Waals surface area contributed by atoms with E-state index in [1.807, 2.05) is 0 Å². The standard InChI is InChI=1S/C12H26O4/c1-12(2,3)10-8-6-4-5-7-9-11-14-16-15-13/h13H,4-11H2,1-3H3. The molecule has 0 aliphatic heterocycles. The van der Waals surface area contributed by atoms with E-state index in [0.29, 0.717) is 12.0 Å². The predicted molar refractivity (Wildman–Crippen MR) is 62.5 cm³/mol. The van der Waals surface area contributed by atoms with Crippen molar-refractivity contribution in [3.05, 3.63) is 0 Å². The molecule has 0 saturated heterocycles. The molecule has 0 heterocycles. The summed E-state index contributed by atoms with van der Waals surface area (Å²) in [7, 11) is 0. The monoisotopic (exact) mass is 234 g/mol. The lowest BCUT2D eigenvalue weighted by molar-refractivity contribution is -0.623. The van der Waals surface area contributed by atoms with E-state index in [9.17, 15) is 0 Å². The van der Waals surface area contributed by atoms with Crippen LogP contribution in [0.1, 0.15) is 65.7 Å². The van der Waals surface area contributed by atoms with Gasteiger partial charge < -0.3 is 0 Å². The fraction of sp³-hybridized carbons (Fsp3) is 1.00. The van der Waals surface area contributed by atoms with Gasteiger partial charge in [-0.3, -0.25) is 0 Å². The van der Waals surface area contributed by atoms with Crippen molar-refractivity contribution in [2.24, 2.45) is 5.41 Å². The molecule has 0 atom stereocenters. The van der Waals surface area contributed by atoms with Gasteiger partial charge in [-0.15, -0.1) is 0 Å². The second-order valence-corrected chi connectivity index (χ2v) is 5.40. The minimum Gasteiger partial charge on any atom is -0.219 e. The summed E-state index contributed by atoms with van der Waals surface area (Å²) in [6, 6.07) is 0. The van der Waals surface area contributed by atoms with Crippen molar-refractivity contribution in [2.75, 3.05) is 6.61 Å². The second-order valence-electron chi connectivity index (χ2n) is 5.40. The Morgan fingerprint density at radius 1 is 0.875 bits per heavy atom. The molecule has 0 bridgehead atoms. The van der Waals surface area contributed by atoms with Crippen LogP contribution in [-0.2, 0) is 15.0 Å². The van der Waals surface area contributed by atoms with E-state index in [1.54, 1.807) is 0 Å². The van der Waals surface area contributed by atoms with Gasteiger partial charge >= 0.3 is 0 Å². The molecule has 0 unspecified atom stereocenters. The third kappa shape index (κ3) is 13.8. The quantitative estimate of drug-likeness (QED) is 0.351. The van der Waals surface area contributed by atoms with Gasteiger partial charge in [0.25, 0.3) is 0 Å². The van der Waals surface area contributed by atoms with E-state index in [4.69, 9.17) is 5.26 Å². The van der Waals surface area contributed by atoms with Gasteiger partial charge in [0.2, 0.25) is 0 Å². The van der Waals surface area contributed by atoms with Crippen LogP contribution in [0.3, 0.4) is 0 Å². The van der Waals surface area contributed by atoms with Crippen LogP contribution in [0.15, 0.2) is 0 Å². The lowest BCUT2D eigenvalue weighted by atomic mass is 9.89. The minimum atomic E-state index is 0.461. The van der Waals surface area contributed by atoms with Gasteiger partial charge in [0, 0.05) is 0 Å². The van der Waals surface area contributed by atoms with Crippen molar-refractivity contribution >= 4 is 0 Å². The molecule has 0 aromatic carbocycles. The van der Waals surface area contributed by atoms with E-state index < -0.39 is 0 Å². The van der Waals surface area contributed by atoms with Crippen LogP contribution in [-0.4, -0.2) is 11.9 Å². The van der Waals surface area contributed by atoms with Gasteiger partial charge in [0.05, 0.1) is 6.61 Å². The van der Waals surface area contributed by atoms with Crippen LogP contribution < -0.4 is 0 Å². The fourth-order valence-corrected chi connectivity index (χ4v) is 1.58. The number of rotatable bonds is 10. The molecular formula is C12H26O4. The maximum absolute atomic E-state index is 7.78. The fourth-order valence-electron chi connectivity index (χ4n) is 1.58. The molecule has 98 valence electrons. The molecule has 0 radical (unpaired) electrons. The van der Waals surface area contributed by atoms with Gasteiger partial charge in [0.15, 0.2) is 0 Å². The molecule has 0 aromatic heterocycles. The minimum absolute atomic E-state index is 0.461. The van der Waals surface area contributed by atoms with Gasteiger partial charge in [0.1, 0.15) is 0 Å². The third-order valence-corrected chi connectivity index (χ3v) is 2.48. The molecule has 0 saturated carbocycles. The molecule has 0 aromatic rings. The summed E-state index contributed by atoms with van der Waals surface area (Å²) in [5, 5.41) is 15.0. The van der Waals surface area contributed by atoms with E-state index in [0.717, 1.165) is 12.8 Å². The maximum Gasteiger partial charge on any atom is 0.0854 e. The Hall–Kier alpha value is -0.160. The first-order valence-electron chi connectivity index (χ1n) is 6.16. The van der Waals surface area contributed by atoms with Crippen LogP contribution in [0.25, 0.3) is 0 Å². The highest BCUT2D eigenvalue weighted by atomic mass is 17.6. The zero-order valence-electron chi connectivity index (χ0n) is 10.8. The summed E-state index contributed by atoms with van der Waals surface area (Å²) in [5.74, 6) is 0. The molecule has 4 nitrogen and oxygen atoms in total. The van der Waals surface area contributed by atoms with Gasteiger partial charge in [-0.2, -0.15) is 0 Å². The summed E-state index contributed by atoms with van der Waals surface area (Å²) in [4.78, 5) is 4.48. The highest BCUT2D eigenvalue weighted by molar-refractivity contribution is 4.60. The Labute approximate surface area is 98.7 Å². The van der Waals surface area contributed by atoms with Crippen LogP contribution in [0.2, 0.25) is 0 Å². The smallest absolute Gasteiger partial charge is 0.0854 e. The van der Waals surface area contributed by atoms with Gasteiger partial charge in [-0.25, -0.2) is 10.1 Å². The number of hydrogen-bond acceptors (Lipinski definition) is 4. The zero-order chi connectivity index (χ0) is 12.3. The average Bonchev–Trinajstić information content (AvgIpc) is 2.19. The van der Waals surface area contributed by atoms with Crippen LogP contribution in [0, 0.1) is 5.41 Å². The van der Waals surface area contributed by atoms with E-state index in [-0.39, 0.29) is 0 Å².